The smallest absolute Gasteiger partial charge is 0.231 e. The van der Waals surface area contributed by atoms with Crippen LogP contribution in [0.5, 0.6) is 0 Å². The highest BCUT2D eigenvalue weighted by Crippen LogP contribution is 2.17. The van der Waals surface area contributed by atoms with Crippen molar-refractivity contribution in [2.75, 3.05) is 35.6 Å². The Hall–Kier alpha value is -2.12. The maximum absolute atomic E-state index is 10.6. The molecule has 1 aliphatic rings. The van der Waals surface area contributed by atoms with E-state index in [1.54, 1.807) is 0 Å². The summed E-state index contributed by atoms with van der Waals surface area (Å²) in [6.45, 7) is 2.47. The van der Waals surface area contributed by atoms with Gasteiger partial charge in [0, 0.05) is 26.1 Å². The summed E-state index contributed by atoms with van der Waals surface area (Å²) in [5.74, 6) is 0.949. The molecule has 1 amide bonds. The van der Waals surface area contributed by atoms with Crippen molar-refractivity contribution in [2.45, 2.75) is 25.7 Å². The first kappa shape index (κ1) is 13.3. The lowest BCUT2D eigenvalue weighted by Gasteiger charge is -2.15. The van der Waals surface area contributed by atoms with Crippen LogP contribution in [-0.4, -0.2) is 40.5 Å². The summed E-state index contributed by atoms with van der Waals surface area (Å²) in [6.07, 6.45) is 3.27. The number of nitrogens with zero attached hydrogens (tertiary/aromatic N) is 4. The monoisotopic (exact) mass is 265 g/mol. The number of nitrogens with one attached hydrogen (secondary N) is 1. The third-order valence-electron chi connectivity index (χ3n) is 2.91. The van der Waals surface area contributed by atoms with Crippen molar-refractivity contribution in [3.8, 4) is 0 Å². The van der Waals surface area contributed by atoms with E-state index in [9.17, 15) is 4.79 Å². The number of carbonyl (C=O) groups is 1. The molecule has 1 aromatic heterocycles. The number of carbonyl (C=O) groups excluding carboxylic acids is 1. The molecule has 0 saturated carbocycles. The minimum Gasteiger partial charge on any atom is -0.370 e. The molecule has 1 aliphatic heterocycles. The number of primary amides is 1. The topological polar surface area (TPSA) is 123 Å². The SMILES string of the molecule is NC(=O)CCCNc1nc(N)nc(N2CCCC2)n1. The molecule has 19 heavy (non-hydrogen) atoms. The molecule has 8 nitrogen and oxygen atoms in total. The lowest BCUT2D eigenvalue weighted by molar-refractivity contribution is -0.118. The quantitative estimate of drug-likeness (QED) is 0.605. The second-order valence-electron chi connectivity index (χ2n) is 4.51. The molecule has 0 bridgehead atoms. The summed E-state index contributed by atoms with van der Waals surface area (Å²) in [4.78, 5) is 25.2. The molecule has 2 heterocycles. The number of rotatable bonds is 6. The van der Waals surface area contributed by atoms with Crippen molar-refractivity contribution < 1.29 is 4.79 Å². The minimum atomic E-state index is -0.310. The Morgan fingerprint density at radius 3 is 2.68 bits per heavy atom. The van der Waals surface area contributed by atoms with Gasteiger partial charge in [0.2, 0.25) is 23.8 Å². The highest BCUT2D eigenvalue weighted by atomic mass is 16.1. The van der Waals surface area contributed by atoms with Gasteiger partial charge in [-0.2, -0.15) is 15.0 Å². The average molecular weight is 265 g/mol. The van der Waals surface area contributed by atoms with Gasteiger partial charge in [-0.05, 0) is 19.3 Å². The molecule has 1 aromatic rings. The number of hydrogen-bond acceptors (Lipinski definition) is 7. The first-order valence-electron chi connectivity index (χ1n) is 6.44. The van der Waals surface area contributed by atoms with Crippen LogP contribution < -0.4 is 21.7 Å². The fourth-order valence-corrected chi connectivity index (χ4v) is 1.98. The van der Waals surface area contributed by atoms with Crippen LogP contribution >= 0.6 is 0 Å². The van der Waals surface area contributed by atoms with Crippen LogP contribution in [0, 0.1) is 0 Å². The maximum Gasteiger partial charge on any atom is 0.231 e. The average Bonchev–Trinajstić information content (AvgIpc) is 2.87. The molecule has 0 unspecified atom stereocenters. The summed E-state index contributed by atoms with van der Waals surface area (Å²) in [5, 5.41) is 3.03. The van der Waals surface area contributed by atoms with Gasteiger partial charge in [0.1, 0.15) is 0 Å². The van der Waals surface area contributed by atoms with E-state index >= 15 is 0 Å². The standard InChI is InChI=1S/C11H19N7O/c12-8(19)4-3-5-14-10-15-9(13)16-11(17-10)18-6-1-2-7-18/h1-7H2,(H2,12,19)(H3,13,14,15,16,17). The summed E-state index contributed by atoms with van der Waals surface area (Å²) in [5.41, 5.74) is 10.7. The van der Waals surface area contributed by atoms with Crippen molar-refractivity contribution in [1.82, 2.24) is 15.0 Å². The Balaban J connectivity index is 1.94. The number of amides is 1. The molecule has 5 N–H and O–H groups in total. The van der Waals surface area contributed by atoms with E-state index in [0.29, 0.717) is 31.3 Å². The Morgan fingerprint density at radius 1 is 1.26 bits per heavy atom. The van der Waals surface area contributed by atoms with Crippen LogP contribution in [0.15, 0.2) is 0 Å². The van der Waals surface area contributed by atoms with Crippen LogP contribution in [0.4, 0.5) is 17.8 Å². The fourth-order valence-electron chi connectivity index (χ4n) is 1.98. The lowest BCUT2D eigenvalue weighted by Crippen LogP contribution is -2.22. The van der Waals surface area contributed by atoms with Gasteiger partial charge in [-0.25, -0.2) is 0 Å². The maximum atomic E-state index is 10.6. The minimum absolute atomic E-state index is 0.203. The number of hydrogen-bond donors (Lipinski definition) is 3. The molecule has 0 aliphatic carbocycles. The predicted molar refractivity (Wildman–Crippen MR) is 72.6 cm³/mol. The molecule has 0 radical (unpaired) electrons. The number of nitrogens with two attached hydrogens (primary N) is 2. The third kappa shape index (κ3) is 3.94. The normalized spacial score (nSPS) is 14.6. The molecular formula is C11H19N7O. The predicted octanol–water partition coefficient (Wildman–Crippen LogP) is -0.269. The molecule has 0 aromatic carbocycles. The first-order chi connectivity index (χ1) is 9.15. The van der Waals surface area contributed by atoms with Crippen LogP contribution in [-0.2, 0) is 4.79 Å². The Morgan fingerprint density at radius 2 is 2.00 bits per heavy atom. The fraction of sp³-hybridized carbons (Fsp3) is 0.636. The van der Waals surface area contributed by atoms with Crippen molar-refractivity contribution >= 4 is 23.8 Å². The van der Waals surface area contributed by atoms with Crippen molar-refractivity contribution in [2.24, 2.45) is 5.73 Å². The van der Waals surface area contributed by atoms with Crippen molar-refractivity contribution in [1.29, 1.82) is 0 Å². The van der Waals surface area contributed by atoms with Crippen LogP contribution in [0.1, 0.15) is 25.7 Å². The Labute approximate surface area is 111 Å². The second kappa shape index (κ2) is 6.17. The lowest BCUT2D eigenvalue weighted by atomic mass is 10.3. The third-order valence-corrected chi connectivity index (χ3v) is 2.91. The zero-order valence-corrected chi connectivity index (χ0v) is 10.8. The largest absolute Gasteiger partial charge is 0.370 e. The van der Waals surface area contributed by atoms with E-state index in [1.807, 2.05) is 0 Å². The van der Waals surface area contributed by atoms with Gasteiger partial charge in [0.05, 0.1) is 0 Å². The molecule has 2 rings (SSSR count). The van der Waals surface area contributed by atoms with Crippen LogP contribution in [0.3, 0.4) is 0 Å². The molecule has 1 fully saturated rings. The van der Waals surface area contributed by atoms with Gasteiger partial charge in [-0.15, -0.1) is 0 Å². The summed E-state index contributed by atoms with van der Waals surface area (Å²) in [7, 11) is 0. The van der Waals surface area contributed by atoms with Gasteiger partial charge >= 0.3 is 0 Å². The Bertz CT molecular complexity index is 445. The molecule has 104 valence electrons. The van der Waals surface area contributed by atoms with E-state index in [1.165, 1.54) is 0 Å². The summed E-state index contributed by atoms with van der Waals surface area (Å²) in [6, 6.07) is 0. The number of nitrogen functional groups attached to an aromatic ring is 1. The second-order valence-corrected chi connectivity index (χ2v) is 4.51. The van der Waals surface area contributed by atoms with Gasteiger partial charge < -0.3 is 21.7 Å². The van der Waals surface area contributed by atoms with Gasteiger partial charge in [-0.1, -0.05) is 0 Å². The van der Waals surface area contributed by atoms with E-state index < -0.39 is 0 Å². The van der Waals surface area contributed by atoms with Gasteiger partial charge in [0.25, 0.3) is 0 Å². The number of aromatic nitrogens is 3. The summed E-state index contributed by atoms with van der Waals surface area (Å²) >= 11 is 0. The van der Waals surface area contributed by atoms with Crippen molar-refractivity contribution in [3.05, 3.63) is 0 Å². The number of anilines is 3. The summed E-state index contributed by atoms with van der Waals surface area (Å²) < 4.78 is 0. The molecule has 8 heteroatoms. The van der Waals surface area contributed by atoms with Crippen molar-refractivity contribution in [3.63, 3.8) is 0 Å². The zero-order chi connectivity index (χ0) is 13.7. The van der Waals surface area contributed by atoms with E-state index in [-0.39, 0.29) is 11.9 Å². The van der Waals surface area contributed by atoms with E-state index in [4.69, 9.17) is 11.5 Å². The van der Waals surface area contributed by atoms with E-state index in [0.717, 1.165) is 25.9 Å². The Kier molecular flexibility index (Phi) is 4.32. The molecule has 0 atom stereocenters. The first-order valence-corrected chi connectivity index (χ1v) is 6.44. The molecular weight excluding hydrogens is 246 g/mol. The van der Waals surface area contributed by atoms with Crippen LogP contribution in [0.25, 0.3) is 0 Å². The highest BCUT2D eigenvalue weighted by molar-refractivity contribution is 5.73. The molecule has 1 saturated heterocycles. The van der Waals surface area contributed by atoms with Crippen LogP contribution in [0.2, 0.25) is 0 Å². The molecule has 0 spiro atoms. The van der Waals surface area contributed by atoms with E-state index in [2.05, 4.69) is 25.2 Å². The van der Waals surface area contributed by atoms with Gasteiger partial charge in [0.15, 0.2) is 0 Å². The van der Waals surface area contributed by atoms with Gasteiger partial charge in [-0.3, -0.25) is 4.79 Å². The zero-order valence-electron chi connectivity index (χ0n) is 10.8. The highest BCUT2D eigenvalue weighted by Gasteiger charge is 2.16.